The van der Waals surface area contributed by atoms with Crippen molar-refractivity contribution in [2.45, 2.75) is 58.9 Å². The molecule has 1 unspecified atom stereocenters. The highest BCUT2D eigenvalue weighted by Crippen LogP contribution is 2.40. The molecule has 17 heavy (non-hydrogen) atoms. The predicted molar refractivity (Wildman–Crippen MR) is 74.7 cm³/mol. The van der Waals surface area contributed by atoms with Gasteiger partial charge in [-0.2, -0.15) is 0 Å². The second-order valence-electron chi connectivity index (χ2n) is 6.27. The molecule has 0 bridgehead atoms. The Kier molecular flexibility index (Phi) is 4.18. The summed E-state index contributed by atoms with van der Waals surface area (Å²) in [5.74, 6) is 0.164. The fraction of sp³-hybridized carbons (Fsp3) is 0.846. The van der Waals surface area contributed by atoms with Crippen LogP contribution in [0.2, 0.25) is 0 Å². The topological polar surface area (TPSA) is 55.1 Å². The second kappa shape index (κ2) is 4.92. The Labute approximate surface area is 110 Å². The summed E-state index contributed by atoms with van der Waals surface area (Å²) < 4.78 is 0. The Balaban J connectivity index is 2.73. The molecule has 1 saturated carbocycles. The summed E-state index contributed by atoms with van der Waals surface area (Å²) in [5.41, 5.74) is 5.11. The molecule has 0 aromatic heterocycles. The zero-order valence-electron chi connectivity index (χ0n) is 11.3. The van der Waals surface area contributed by atoms with Gasteiger partial charge < -0.3 is 11.1 Å². The first-order chi connectivity index (χ1) is 7.67. The van der Waals surface area contributed by atoms with Crippen molar-refractivity contribution in [3.05, 3.63) is 0 Å². The Hall–Kier alpha value is -0.640. The number of thiocarbonyl (C=S) groups is 1. The lowest BCUT2D eigenvalue weighted by Gasteiger charge is -2.39. The van der Waals surface area contributed by atoms with Gasteiger partial charge in [-0.3, -0.25) is 4.79 Å². The normalized spacial score (nSPS) is 24.1. The SMILES string of the molecule is CC(C)(NC(=O)C1CCCCC1(C)C)C(N)=S. The van der Waals surface area contributed by atoms with Gasteiger partial charge in [-0.1, -0.05) is 38.9 Å². The van der Waals surface area contributed by atoms with Crippen LogP contribution in [0.4, 0.5) is 0 Å². The maximum atomic E-state index is 12.3. The molecule has 1 aliphatic rings. The van der Waals surface area contributed by atoms with Crippen LogP contribution in [0.25, 0.3) is 0 Å². The van der Waals surface area contributed by atoms with E-state index in [-0.39, 0.29) is 17.2 Å². The largest absolute Gasteiger partial charge is 0.391 e. The first kappa shape index (κ1) is 14.4. The van der Waals surface area contributed by atoms with Crippen molar-refractivity contribution in [3.8, 4) is 0 Å². The first-order valence-electron chi connectivity index (χ1n) is 6.29. The van der Waals surface area contributed by atoms with Crippen molar-refractivity contribution in [1.82, 2.24) is 5.32 Å². The monoisotopic (exact) mass is 256 g/mol. The van der Waals surface area contributed by atoms with Crippen LogP contribution in [0.3, 0.4) is 0 Å². The van der Waals surface area contributed by atoms with Crippen LogP contribution < -0.4 is 11.1 Å². The van der Waals surface area contributed by atoms with Crippen molar-refractivity contribution >= 4 is 23.1 Å². The van der Waals surface area contributed by atoms with Crippen LogP contribution in [0.1, 0.15) is 53.4 Å². The number of rotatable bonds is 3. The number of hydrogen-bond donors (Lipinski definition) is 2. The van der Waals surface area contributed by atoms with Crippen molar-refractivity contribution in [2.24, 2.45) is 17.1 Å². The van der Waals surface area contributed by atoms with Crippen LogP contribution in [0.15, 0.2) is 0 Å². The van der Waals surface area contributed by atoms with E-state index < -0.39 is 5.54 Å². The third-order valence-corrected chi connectivity index (χ3v) is 4.39. The van der Waals surface area contributed by atoms with Crippen LogP contribution in [-0.4, -0.2) is 16.4 Å². The van der Waals surface area contributed by atoms with Gasteiger partial charge in [0.1, 0.15) is 0 Å². The van der Waals surface area contributed by atoms with Gasteiger partial charge in [0.25, 0.3) is 0 Å². The van der Waals surface area contributed by atoms with Gasteiger partial charge >= 0.3 is 0 Å². The molecule has 0 aliphatic heterocycles. The molecule has 98 valence electrons. The van der Waals surface area contributed by atoms with Gasteiger partial charge in [0.15, 0.2) is 0 Å². The molecule has 0 aromatic carbocycles. The molecule has 0 radical (unpaired) electrons. The number of nitrogens with one attached hydrogen (secondary N) is 1. The first-order valence-corrected chi connectivity index (χ1v) is 6.69. The van der Waals surface area contributed by atoms with Crippen LogP contribution in [0, 0.1) is 11.3 Å². The minimum atomic E-state index is -0.597. The Morgan fingerprint density at radius 3 is 2.47 bits per heavy atom. The fourth-order valence-corrected chi connectivity index (χ4v) is 2.49. The summed E-state index contributed by atoms with van der Waals surface area (Å²) in [4.78, 5) is 12.6. The molecule has 3 nitrogen and oxygen atoms in total. The summed E-state index contributed by atoms with van der Waals surface area (Å²) in [6.07, 6.45) is 4.43. The highest BCUT2D eigenvalue weighted by molar-refractivity contribution is 7.80. The summed E-state index contributed by atoms with van der Waals surface area (Å²) >= 11 is 4.97. The maximum Gasteiger partial charge on any atom is 0.224 e. The molecule has 0 heterocycles. The van der Waals surface area contributed by atoms with E-state index in [1.165, 1.54) is 6.42 Å². The minimum absolute atomic E-state index is 0.0740. The quantitative estimate of drug-likeness (QED) is 0.762. The number of hydrogen-bond acceptors (Lipinski definition) is 2. The highest BCUT2D eigenvalue weighted by atomic mass is 32.1. The van der Waals surface area contributed by atoms with Crippen molar-refractivity contribution < 1.29 is 4.79 Å². The zero-order valence-corrected chi connectivity index (χ0v) is 12.1. The molecule has 1 aliphatic carbocycles. The Morgan fingerprint density at radius 2 is 2.00 bits per heavy atom. The number of carbonyl (C=O) groups excluding carboxylic acids is 1. The molecule has 1 atom stereocenters. The van der Waals surface area contributed by atoms with E-state index in [0.29, 0.717) is 4.99 Å². The van der Waals surface area contributed by atoms with Gasteiger partial charge in [0, 0.05) is 5.92 Å². The average Bonchev–Trinajstić information content (AvgIpc) is 2.15. The van der Waals surface area contributed by atoms with Gasteiger partial charge in [-0.25, -0.2) is 0 Å². The lowest BCUT2D eigenvalue weighted by atomic mass is 9.68. The molecule has 1 rings (SSSR count). The second-order valence-corrected chi connectivity index (χ2v) is 6.71. The van der Waals surface area contributed by atoms with E-state index in [2.05, 4.69) is 19.2 Å². The summed E-state index contributed by atoms with van der Waals surface area (Å²) in [5, 5.41) is 2.98. The van der Waals surface area contributed by atoms with E-state index in [1.807, 2.05) is 13.8 Å². The maximum absolute atomic E-state index is 12.3. The third-order valence-electron chi connectivity index (χ3n) is 3.88. The fourth-order valence-electron chi connectivity index (χ4n) is 2.44. The van der Waals surface area contributed by atoms with Crippen molar-refractivity contribution in [3.63, 3.8) is 0 Å². The number of nitrogens with two attached hydrogens (primary N) is 1. The Morgan fingerprint density at radius 1 is 1.41 bits per heavy atom. The average molecular weight is 256 g/mol. The molecule has 0 spiro atoms. The molecule has 4 heteroatoms. The molecule has 0 aromatic rings. The number of amides is 1. The molecular formula is C13H24N2OS. The highest BCUT2D eigenvalue weighted by Gasteiger charge is 2.39. The third kappa shape index (κ3) is 3.41. The van der Waals surface area contributed by atoms with Crippen LogP contribution in [-0.2, 0) is 4.79 Å². The van der Waals surface area contributed by atoms with E-state index in [4.69, 9.17) is 18.0 Å². The van der Waals surface area contributed by atoms with Crippen LogP contribution >= 0.6 is 12.2 Å². The van der Waals surface area contributed by atoms with Crippen molar-refractivity contribution in [1.29, 1.82) is 0 Å². The number of carbonyl (C=O) groups is 1. The van der Waals surface area contributed by atoms with Gasteiger partial charge in [-0.15, -0.1) is 0 Å². The van der Waals surface area contributed by atoms with E-state index in [9.17, 15) is 4.79 Å². The zero-order chi connectivity index (χ0) is 13.3. The lowest BCUT2D eigenvalue weighted by Crippen LogP contribution is -2.55. The summed E-state index contributed by atoms with van der Waals surface area (Å²) in [6.45, 7) is 8.04. The molecule has 3 N–H and O–H groups in total. The smallest absolute Gasteiger partial charge is 0.224 e. The standard InChI is InChI=1S/C13H24N2OS/c1-12(2)8-6-5-7-9(12)10(16)15-13(3,4)11(14)17/h9H,5-8H2,1-4H3,(H2,14,17)(H,15,16). The molecule has 1 amide bonds. The summed E-state index contributed by atoms with van der Waals surface area (Å²) in [7, 11) is 0. The minimum Gasteiger partial charge on any atom is -0.391 e. The van der Waals surface area contributed by atoms with Gasteiger partial charge in [0.05, 0.1) is 10.5 Å². The Bertz CT molecular complexity index is 323. The summed E-state index contributed by atoms with van der Waals surface area (Å²) in [6, 6.07) is 0. The molecular weight excluding hydrogens is 232 g/mol. The van der Waals surface area contributed by atoms with Crippen LogP contribution in [0.5, 0.6) is 0 Å². The van der Waals surface area contributed by atoms with Gasteiger partial charge in [-0.05, 0) is 32.1 Å². The molecule has 0 saturated heterocycles. The van der Waals surface area contributed by atoms with E-state index >= 15 is 0 Å². The molecule has 1 fully saturated rings. The van der Waals surface area contributed by atoms with E-state index in [0.717, 1.165) is 19.3 Å². The predicted octanol–water partition coefficient (Wildman–Crippen LogP) is 2.38. The lowest BCUT2D eigenvalue weighted by molar-refractivity contribution is -0.131. The van der Waals surface area contributed by atoms with E-state index in [1.54, 1.807) is 0 Å². The van der Waals surface area contributed by atoms with Crippen molar-refractivity contribution in [2.75, 3.05) is 0 Å². The van der Waals surface area contributed by atoms with Gasteiger partial charge in [0.2, 0.25) is 5.91 Å².